The molecule has 1 aromatic carbocycles. The topological polar surface area (TPSA) is 58.6 Å². The molecule has 21 heavy (non-hydrogen) atoms. The third-order valence-corrected chi connectivity index (χ3v) is 4.04. The number of hydrogen-bond acceptors (Lipinski definition) is 3. The Morgan fingerprint density at radius 1 is 1.38 bits per heavy atom. The lowest BCUT2D eigenvalue weighted by atomic mass is 10.2. The summed E-state index contributed by atoms with van der Waals surface area (Å²) in [6.45, 7) is 3.65. The third-order valence-electron chi connectivity index (χ3n) is 3.24. The first kappa shape index (κ1) is 15.9. The molecule has 2 rings (SSSR count). The fourth-order valence-corrected chi connectivity index (χ4v) is 2.52. The minimum absolute atomic E-state index is 0.0912. The van der Waals surface area contributed by atoms with Gasteiger partial charge in [-0.3, -0.25) is 9.59 Å². The van der Waals surface area contributed by atoms with Crippen molar-refractivity contribution < 1.29 is 18.7 Å². The van der Waals surface area contributed by atoms with Gasteiger partial charge in [0.15, 0.2) is 0 Å². The van der Waals surface area contributed by atoms with Crippen LogP contribution in [0.1, 0.15) is 17.3 Å². The number of rotatable bonds is 3. The highest BCUT2D eigenvalue weighted by atomic mass is 79.9. The molecule has 0 spiro atoms. The molecular weight excluding hydrogens is 343 g/mol. The van der Waals surface area contributed by atoms with Crippen molar-refractivity contribution in [2.45, 2.75) is 13.0 Å². The molecule has 0 aromatic heterocycles. The Hall–Kier alpha value is -1.47. The van der Waals surface area contributed by atoms with Crippen molar-refractivity contribution in [1.82, 2.24) is 10.2 Å². The van der Waals surface area contributed by atoms with Crippen LogP contribution in [0.15, 0.2) is 22.7 Å². The maximum atomic E-state index is 13.4. The second-order valence-electron chi connectivity index (χ2n) is 4.73. The number of carbonyl (C=O) groups is 2. The number of ether oxygens (including phenoxy) is 1. The molecule has 1 aromatic rings. The number of benzene rings is 1. The van der Waals surface area contributed by atoms with Gasteiger partial charge >= 0.3 is 0 Å². The first-order valence-corrected chi connectivity index (χ1v) is 7.41. The van der Waals surface area contributed by atoms with Gasteiger partial charge in [0.25, 0.3) is 5.91 Å². The molecule has 0 bridgehead atoms. The van der Waals surface area contributed by atoms with E-state index in [1.807, 2.05) is 0 Å². The first-order chi connectivity index (χ1) is 10.0. The minimum Gasteiger partial charge on any atom is -0.378 e. The van der Waals surface area contributed by atoms with Crippen LogP contribution in [0.3, 0.4) is 0 Å². The molecule has 1 heterocycles. The Bertz CT molecular complexity index is 547. The Morgan fingerprint density at radius 2 is 2.05 bits per heavy atom. The van der Waals surface area contributed by atoms with Crippen LogP contribution in [-0.4, -0.2) is 49.1 Å². The van der Waals surface area contributed by atoms with E-state index in [1.165, 1.54) is 18.2 Å². The first-order valence-electron chi connectivity index (χ1n) is 6.62. The molecule has 0 radical (unpaired) electrons. The summed E-state index contributed by atoms with van der Waals surface area (Å²) in [5, 5.41) is 2.59. The Balaban J connectivity index is 2.01. The molecule has 1 unspecified atom stereocenters. The van der Waals surface area contributed by atoms with Crippen LogP contribution >= 0.6 is 15.9 Å². The zero-order valence-corrected chi connectivity index (χ0v) is 13.2. The summed E-state index contributed by atoms with van der Waals surface area (Å²) in [5.74, 6) is -1.18. The molecule has 1 N–H and O–H groups in total. The van der Waals surface area contributed by atoms with Gasteiger partial charge in [-0.2, -0.15) is 0 Å². The Morgan fingerprint density at radius 3 is 2.71 bits per heavy atom. The zero-order chi connectivity index (χ0) is 15.4. The van der Waals surface area contributed by atoms with Crippen molar-refractivity contribution in [3.05, 3.63) is 34.1 Å². The number of nitrogens with one attached hydrogen (secondary N) is 1. The van der Waals surface area contributed by atoms with E-state index in [2.05, 4.69) is 21.2 Å². The van der Waals surface area contributed by atoms with Crippen molar-refractivity contribution in [3.8, 4) is 0 Å². The number of halogens is 2. The zero-order valence-electron chi connectivity index (χ0n) is 11.6. The van der Waals surface area contributed by atoms with Gasteiger partial charge in [-0.25, -0.2) is 4.39 Å². The summed E-state index contributed by atoms with van der Waals surface area (Å²) in [5.41, 5.74) is 0.164. The SMILES string of the molecule is CC(NC(=O)c1cccc(F)c1Br)C(=O)N1CCOCC1. The van der Waals surface area contributed by atoms with Gasteiger partial charge in [0.2, 0.25) is 5.91 Å². The molecule has 2 amide bonds. The van der Waals surface area contributed by atoms with Crippen molar-refractivity contribution in [1.29, 1.82) is 0 Å². The monoisotopic (exact) mass is 358 g/mol. The highest BCUT2D eigenvalue weighted by molar-refractivity contribution is 9.10. The van der Waals surface area contributed by atoms with Gasteiger partial charge in [-0.15, -0.1) is 0 Å². The third kappa shape index (κ3) is 3.79. The predicted octanol–water partition coefficient (Wildman–Crippen LogP) is 1.57. The quantitative estimate of drug-likeness (QED) is 0.891. The van der Waals surface area contributed by atoms with E-state index < -0.39 is 17.8 Å². The fourth-order valence-electron chi connectivity index (χ4n) is 2.07. The van der Waals surface area contributed by atoms with E-state index in [4.69, 9.17) is 4.74 Å². The highest BCUT2D eigenvalue weighted by Crippen LogP contribution is 2.20. The molecule has 0 aliphatic carbocycles. The largest absolute Gasteiger partial charge is 0.378 e. The van der Waals surface area contributed by atoms with Crippen LogP contribution in [0, 0.1) is 5.82 Å². The maximum Gasteiger partial charge on any atom is 0.253 e. The summed E-state index contributed by atoms with van der Waals surface area (Å²) in [6, 6.07) is 3.52. The van der Waals surface area contributed by atoms with Crippen molar-refractivity contribution in [2.24, 2.45) is 0 Å². The lowest BCUT2D eigenvalue weighted by Gasteiger charge is -2.29. The van der Waals surface area contributed by atoms with Crippen molar-refractivity contribution >= 4 is 27.7 Å². The number of nitrogens with zero attached hydrogens (tertiary/aromatic N) is 1. The van der Waals surface area contributed by atoms with Gasteiger partial charge in [0.1, 0.15) is 11.9 Å². The van der Waals surface area contributed by atoms with Crippen LogP contribution in [0.5, 0.6) is 0 Å². The highest BCUT2D eigenvalue weighted by Gasteiger charge is 2.24. The standard InChI is InChI=1S/C14H16BrFN2O3/c1-9(14(20)18-5-7-21-8-6-18)17-13(19)10-3-2-4-11(16)12(10)15/h2-4,9H,5-8H2,1H3,(H,17,19). The smallest absolute Gasteiger partial charge is 0.253 e. The van der Waals surface area contributed by atoms with Gasteiger partial charge in [0.05, 0.1) is 23.2 Å². The van der Waals surface area contributed by atoms with E-state index in [9.17, 15) is 14.0 Å². The number of amides is 2. The molecule has 1 saturated heterocycles. The lowest BCUT2D eigenvalue weighted by molar-refractivity contribution is -0.136. The molecule has 7 heteroatoms. The molecule has 0 saturated carbocycles. The maximum absolute atomic E-state index is 13.4. The summed E-state index contributed by atoms with van der Waals surface area (Å²) in [7, 11) is 0. The summed E-state index contributed by atoms with van der Waals surface area (Å²) in [4.78, 5) is 25.9. The van der Waals surface area contributed by atoms with Crippen molar-refractivity contribution in [2.75, 3.05) is 26.3 Å². The van der Waals surface area contributed by atoms with Gasteiger partial charge < -0.3 is 15.0 Å². The minimum atomic E-state index is -0.675. The fraction of sp³-hybridized carbons (Fsp3) is 0.429. The number of carbonyl (C=O) groups excluding carboxylic acids is 2. The molecule has 114 valence electrons. The predicted molar refractivity (Wildman–Crippen MR) is 78.4 cm³/mol. The normalized spacial score (nSPS) is 16.4. The van der Waals surface area contributed by atoms with Crippen LogP contribution in [0.2, 0.25) is 0 Å². The molecular formula is C14H16BrFN2O3. The average molecular weight is 359 g/mol. The second kappa shape index (κ2) is 7.00. The Kier molecular flexibility index (Phi) is 5.30. The molecule has 1 atom stereocenters. The van der Waals surface area contributed by atoms with E-state index >= 15 is 0 Å². The average Bonchev–Trinajstić information content (AvgIpc) is 2.50. The van der Waals surface area contributed by atoms with E-state index in [0.29, 0.717) is 26.3 Å². The molecule has 1 aliphatic heterocycles. The van der Waals surface area contributed by atoms with Crippen molar-refractivity contribution in [3.63, 3.8) is 0 Å². The second-order valence-corrected chi connectivity index (χ2v) is 5.53. The number of hydrogen-bond donors (Lipinski definition) is 1. The van der Waals surface area contributed by atoms with Crippen LogP contribution in [-0.2, 0) is 9.53 Å². The van der Waals surface area contributed by atoms with Gasteiger partial charge in [-0.05, 0) is 35.0 Å². The van der Waals surface area contributed by atoms with Gasteiger partial charge in [0, 0.05) is 13.1 Å². The summed E-state index contributed by atoms with van der Waals surface area (Å²) < 4.78 is 18.7. The van der Waals surface area contributed by atoms with E-state index in [0.717, 1.165) is 0 Å². The van der Waals surface area contributed by atoms with Gasteiger partial charge in [-0.1, -0.05) is 6.07 Å². The molecule has 1 aliphatic rings. The number of morpholine rings is 1. The van der Waals surface area contributed by atoms with E-state index in [1.54, 1.807) is 11.8 Å². The van der Waals surface area contributed by atoms with Crippen LogP contribution in [0.4, 0.5) is 4.39 Å². The molecule has 1 fully saturated rings. The summed E-state index contributed by atoms with van der Waals surface area (Å²) >= 11 is 3.04. The Labute approximate surface area is 130 Å². The molecule has 5 nitrogen and oxygen atoms in total. The lowest BCUT2D eigenvalue weighted by Crippen LogP contribution is -2.50. The van der Waals surface area contributed by atoms with Crippen LogP contribution < -0.4 is 5.32 Å². The summed E-state index contributed by atoms with van der Waals surface area (Å²) in [6.07, 6.45) is 0. The van der Waals surface area contributed by atoms with E-state index in [-0.39, 0.29) is 15.9 Å². The van der Waals surface area contributed by atoms with Crippen LogP contribution in [0.25, 0.3) is 0 Å².